The van der Waals surface area contributed by atoms with E-state index >= 15 is 0 Å². The summed E-state index contributed by atoms with van der Waals surface area (Å²) in [5.74, 6) is 1.34. The molecular formula is C11H14O. The molecule has 1 aliphatic carbocycles. The van der Waals surface area contributed by atoms with Gasteiger partial charge >= 0.3 is 0 Å². The molecule has 0 bridgehead atoms. The summed E-state index contributed by atoms with van der Waals surface area (Å²) in [4.78, 5) is 0. The molecule has 1 nitrogen and oxygen atoms in total. The van der Waals surface area contributed by atoms with E-state index in [1.807, 2.05) is 19.1 Å². The van der Waals surface area contributed by atoms with E-state index in [2.05, 4.69) is 25.3 Å². The molecule has 0 N–H and O–H groups in total. The minimum Gasteiger partial charge on any atom is -0.485 e. The third-order valence-electron chi connectivity index (χ3n) is 1.44. The largest absolute Gasteiger partial charge is 0.485 e. The summed E-state index contributed by atoms with van der Waals surface area (Å²) in [6.45, 7) is 6.98. The van der Waals surface area contributed by atoms with Gasteiger partial charge in [0.15, 0.2) is 5.76 Å². The molecule has 0 unspecified atom stereocenters. The maximum Gasteiger partial charge on any atom is 0.170 e. The fourth-order valence-corrected chi connectivity index (χ4v) is 0.785. The van der Waals surface area contributed by atoms with Crippen LogP contribution in [0.5, 0.6) is 0 Å². The highest BCUT2D eigenvalue weighted by Gasteiger charge is 1.97. The summed E-state index contributed by atoms with van der Waals surface area (Å²) in [5, 5.41) is 0. The molecule has 0 saturated carbocycles. The summed E-state index contributed by atoms with van der Waals surface area (Å²) in [7, 11) is 0. The summed E-state index contributed by atoms with van der Waals surface area (Å²) >= 11 is 0. The van der Waals surface area contributed by atoms with Crippen molar-refractivity contribution in [3.63, 3.8) is 0 Å². The molecule has 0 atom stereocenters. The second kappa shape index (κ2) is 4.01. The molecule has 0 fully saturated rings. The molecule has 0 spiro atoms. The monoisotopic (exact) mass is 162 g/mol. The number of hydrogen-bond acceptors (Lipinski definition) is 1. The first kappa shape index (κ1) is 8.93. The summed E-state index contributed by atoms with van der Waals surface area (Å²) in [5.41, 5.74) is 7.01. The van der Waals surface area contributed by atoms with Gasteiger partial charge in [0.25, 0.3) is 0 Å². The SMILES string of the molecule is CC1=C=C=C(OCC(C)C)C=C1. The Hall–Kier alpha value is -1.16. The molecule has 1 heteroatoms. The zero-order valence-corrected chi connectivity index (χ0v) is 7.85. The highest BCUT2D eigenvalue weighted by atomic mass is 16.5. The van der Waals surface area contributed by atoms with Gasteiger partial charge in [0.05, 0.1) is 6.61 Å². The summed E-state index contributed by atoms with van der Waals surface area (Å²) in [6.07, 6.45) is 3.90. The number of allylic oxidation sites excluding steroid dienone is 3. The average Bonchev–Trinajstić information content (AvgIpc) is 2.03. The minimum absolute atomic E-state index is 0.555. The standard InChI is InChI=1S/C11H14O/c1-9(2)8-12-11-6-4-10(3)5-7-11/h4,6,9H,8H2,1-3H3. The molecule has 0 aromatic carbocycles. The van der Waals surface area contributed by atoms with Gasteiger partial charge in [0, 0.05) is 0 Å². The molecule has 1 aliphatic rings. The Morgan fingerprint density at radius 1 is 1.33 bits per heavy atom. The lowest BCUT2D eigenvalue weighted by Gasteiger charge is -2.07. The Labute approximate surface area is 73.7 Å². The van der Waals surface area contributed by atoms with Crippen molar-refractivity contribution in [1.82, 2.24) is 0 Å². The highest BCUT2D eigenvalue weighted by molar-refractivity contribution is 5.27. The lowest BCUT2D eigenvalue weighted by atomic mass is 10.2. The van der Waals surface area contributed by atoms with Crippen molar-refractivity contribution < 1.29 is 4.74 Å². The highest BCUT2D eigenvalue weighted by Crippen LogP contribution is 2.07. The van der Waals surface area contributed by atoms with Gasteiger partial charge in [-0.15, -0.1) is 0 Å². The number of hydrogen-bond donors (Lipinski definition) is 0. The van der Waals surface area contributed by atoms with Gasteiger partial charge in [-0.3, -0.25) is 0 Å². The Balaban J connectivity index is 2.56. The first-order valence-corrected chi connectivity index (χ1v) is 4.22. The molecule has 0 aromatic rings. The molecule has 0 heterocycles. The zero-order chi connectivity index (χ0) is 8.97. The van der Waals surface area contributed by atoms with Gasteiger partial charge in [-0.2, -0.15) is 0 Å². The molecule has 0 aliphatic heterocycles. The molecule has 0 radical (unpaired) electrons. The Morgan fingerprint density at radius 3 is 2.58 bits per heavy atom. The van der Waals surface area contributed by atoms with Crippen LogP contribution < -0.4 is 0 Å². The second-order valence-corrected chi connectivity index (χ2v) is 3.34. The van der Waals surface area contributed by atoms with Crippen LogP contribution in [0, 0.1) is 5.92 Å². The van der Waals surface area contributed by atoms with Crippen LogP contribution in [0.15, 0.2) is 34.9 Å². The van der Waals surface area contributed by atoms with E-state index in [0.29, 0.717) is 5.92 Å². The molecule has 0 aromatic heterocycles. The van der Waals surface area contributed by atoms with E-state index in [-0.39, 0.29) is 0 Å². The van der Waals surface area contributed by atoms with Crippen molar-refractivity contribution >= 4 is 0 Å². The van der Waals surface area contributed by atoms with Crippen LogP contribution in [0.4, 0.5) is 0 Å². The molecule has 1 rings (SSSR count). The van der Waals surface area contributed by atoms with Crippen molar-refractivity contribution in [2.45, 2.75) is 20.8 Å². The van der Waals surface area contributed by atoms with Crippen molar-refractivity contribution in [1.29, 1.82) is 0 Å². The molecule has 0 saturated heterocycles. The Kier molecular flexibility index (Phi) is 2.99. The quantitative estimate of drug-likeness (QED) is 0.580. The molecule has 64 valence electrons. The van der Waals surface area contributed by atoms with Gasteiger partial charge in [-0.05, 0) is 36.3 Å². The summed E-state index contributed by atoms with van der Waals surface area (Å²) < 4.78 is 5.44. The number of ether oxygens (including phenoxy) is 1. The first-order valence-electron chi connectivity index (χ1n) is 4.22. The van der Waals surface area contributed by atoms with E-state index in [9.17, 15) is 0 Å². The zero-order valence-electron chi connectivity index (χ0n) is 7.85. The normalized spacial score (nSPS) is 14.7. The summed E-state index contributed by atoms with van der Waals surface area (Å²) in [6, 6.07) is 0. The van der Waals surface area contributed by atoms with E-state index < -0.39 is 0 Å². The average molecular weight is 162 g/mol. The maximum absolute atomic E-state index is 5.44. The third kappa shape index (κ3) is 2.84. The topological polar surface area (TPSA) is 9.23 Å². The Bertz CT molecular complexity index is 282. The van der Waals surface area contributed by atoms with Crippen molar-refractivity contribution in [2.24, 2.45) is 5.92 Å². The van der Waals surface area contributed by atoms with Crippen LogP contribution in [-0.2, 0) is 4.74 Å². The van der Waals surface area contributed by atoms with Gasteiger partial charge in [0.2, 0.25) is 0 Å². The first-order chi connectivity index (χ1) is 5.68. The predicted molar refractivity (Wildman–Crippen MR) is 49.7 cm³/mol. The van der Waals surface area contributed by atoms with E-state index in [0.717, 1.165) is 17.9 Å². The smallest absolute Gasteiger partial charge is 0.170 e. The van der Waals surface area contributed by atoms with Crippen LogP contribution in [0.1, 0.15) is 20.8 Å². The van der Waals surface area contributed by atoms with Crippen LogP contribution in [0.3, 0.4) is 0 Å². The lowest BCUT2D eigenvalue weighted by Crippen LogP contribution is -2.00. The van der Waals surface area contributed by atoms with E-state index in [1.165, 1.54) is 0 Å². The van der Waals surface area contributed by atoms with Crippen LogP contribution in [0.25, 0.3) is 0 Å². The second-order valence-electron chi connectivity index (χ2n) is 3.34. The maximum atomic E-state index is 5.44. The Morgan fingerprint density at radius 2 is 2.08 bits per heavy atom. The van der Waals surface area contributed by atoms with Gasteiger partial charge in [-0.25, -0.2) is 0 Å². The van der Waals surface area contributed by atoms with Crippen molar-refractivity contribution in [3.8, 4) is 0 Å². The fraction of sp³-hybridized carbons (Fsp3) is 0.455. The minimum atomic E-state index is 0.555. The van der Waals surface area contributed by atoms with Crippen LogP contribution >= 0.6 is 0 Å². The van der Waals surface area contributed by atoms with Crippen molar-refractivity contribution in [2.75, 3.05) is 6.61 Å². The third-order valence-corrected chi connectivity index (χ3v) is 1.44. The lowest BCUT2D eigenvalue weighted by molar-refractivity contribution is 0.190. The van der Waals surface area contributed by atoms with E-state index in [1.54, 1.807) is 0 Å². The van der Waals surface area contributed by atoms with Crippen LogP contribution in [-0.4, -0.2) is 6.61 Å². The van der Waals surface area contributed by atoms with Gasteiger partial charge < -0.3 is 4.74 Å². The predicted octanol–water partition coefficient (Wildman–Crippen LogP) is 2.81. The van der Waals surface area contributed by atoms with Gasteiger partial charge in [0.1, 0.15) is 0 Å². The number of rotatable bonds is 3. The van der Waals surface area contributed by atoms with Crippen LogP contribution in [0.2, 0.25) is 0 Å². The van der Waals surface area contributed by atoms with Crippen molar-refractivity contribution in [3.05, 3.63) is 34.9 Å². The fourth-order valence-electron chi connectivity index (χ4n) is 0.785. The van der Waals surface area contributed by atoms with Gasteiger partial charge in [-0.1, -0.05) is 19.6 Å². The molecule has 12 heavy (non-hydrogen) atoms. The molecule has 0 amide bonds. The molecular weight excluding hydrogens is 148 g/mol. The van der Waals surface area contributed by atoms with E-state index in [4.69, 9.17) is 4.74 Å².